The molecule has 4 rings (SSSR count). The van der Waals surface area contributed by atoms with Gasteiger partial charge in [0.2, 0.25) is 0 Å². The fraction of sp³-hybridized carbons (Fsp3) is 0.263. The van der Waals surface area contributed by atoms with E-state index in [1.54, 1.807) is 4.90 Å². The Bertz CT molecular complexity index is 988. The molecule has 0 radical (unpaired) electrons. The van der Waals surface area contributed by atoms with E-state index in [9.17, 15) is 14.9 Å². The monoisotopic (exact) mass is 366 g/mol. The Hall–Kier alpha value is -3.42. The molecule has 1 fully saturated rings. The highest BCUT2D eigenvalue weighted by atomic mass is 16.6. The van der Waals surface area contributed by atoms with Gasteiger partial charge in [-0.2, -0.15) is 0 Å². The molecule has 2 aromatic carbocycles. The minimum atomic E-state index is -0.578. The highest BCUT2D eigenvalue weighted by Gasteiger charge is 2.28. The minimum absolute atomic E-state index is 0.0474. The number of anilines is 1. The largest absolute Gasteiger partial charge is 0.440 e. The average Bonchev–Trinajstić information content (AvgIpc) is 3.12. The molecule has 8 heteroatoms. The summed E-state index contributed by atoms with van der Waals surface area (Å²) in [5.74, 6) is 0.628. The number of nitro groups is 1. The van der Waals surface area contributed by atoms with Crippen LogP contribution in [0.15, 0.2) is 46.9 Å². The van der Waals surface area contributed by atoms with Crippen LogP contribution in [0.25, 0.3) is 11.1 Å². The summed E-state index contributed by atoms with van der Waals surface area (Å²) in [7, 11) is 0. The van der Waals surface area contributed by atoms with Crippen molar-refractivity contribution in [1.29, 1.82) is 0 Å². The zero-order valence-corrected chi connectivity index (χ0v) is 14.5. The molecular weight excluding hydrogens is 348 g/mol. The molecule has 3 aromatic rings. The van der Waals surface area contributed by atoms with E-state index in [1.807, 2.05) is 24.3 Å². The number of carbonyl (C=O) groups is 1. The summed E-state index contributed by atoms with van der Waals surface area (Å²) in [5, 5.41) is 11.0. The third-order valence-corrected chi connectivity index (χ3v) is 4.92. The maximum Gasteiger partial charge on any atom is 0.292 e. The van der Waals surface area contributed by atoms with Crippen molar-refractivity contribution in [3.05, 3.63) is 64.0 Å². The van der Waals surface area contributed by atoms with Crippen molar-refractivity contribution in [2.45, 2.75) is 18.8 Å². The highest BCUT2D eigenvalue weighted by molar-refractivity contribution is 5.95. The Morgan fingerprint density at radius 2 is 1.96 bits per heavy atom. The SMILES string of the molecule is Nc1ccc(C(=O)N2CCC(c3nc4ccccc4o3)CC2)cc1[N+](=O)[O-]. The zero-order chi connectivity index (χ0) is 19.0. The number of nitro benzene ring substituents is 1. The lowest BCUT2D eigenvalue weighted by molar-refractivity contribution is -0.383. The van der Waals surface area contributed by atoms with Gasteiger partial charge >= 0.3 is 0 Å². The van der Waals surface area contributed by atoms with E-state index in [2.05, 4.69) is 4.98 Å². The molecule has 138 valence electrons. The second-order valence-electron chi connectivity index (χ2n) is 6.62. The standard InChI is InChI=1S/C19H18N4O4/c20-14-6-5-13(11-16(14)23(25)26)19(24)22-9-7-12(8-10-22)18-21-15-3-1-2-4-17(15)27-18/h1-6,11-12H,7-10,20H2. The lowest BCUT2D eigenvalue weighted by Crippen LogP contribution is -2.38. The quantitative estimate of drug-likeness (QED) is 0.432. The molecule has 1 aliphatic heterocycles. The van der Waals surface area contributed by atoms with Gasteiger partial charge in [0.05, 0.1) is 4.92 Å². The van der Waals surface area contributed by atoms with Crippen LogP contribution in [0.2, 0.25) is 0 Å². The van der Waals surface area contributed by atoms with Crippen molar-refractivity contribution < 1.29 is 14.1 Å². The number of nitrogens with zero attached hydrogens (tertiary/aromatic N) is 3. The van der Waals surface area contributed by atoms with E-state index >= 15 is 0 Å². The topological polar surface area (TPSA) is 116 Å². The van der Waals surface area contributed by atoms with Crippen LogP contribution in [-0.4, -0.2) is 33.8 Å². The van der Waals surface area contributed by atoms with Gasteiger partial charge in [0.15, 0.2) is 11.5 Å². The molecule has 8 nitrogen and oxygen atoms in total. The number of nitrogen functional groups attached to an aromatic ring is 1. The Morgan fingerprint density at radius 1 is 1.22 bits per heavy atom. The number of para-hydroxylation sites is 2. The number of likely N-dealkylation sites (tertiary alicyclic amines) is 1. The number of nitrogens with two attached hydrogens (primary N) is 1. The maximum atomic E-state index is 12.7. The van der Waals surface area contributed by atoms with Gasteiger partial charge in [-0.15, -0.1) is 0 Å². The number of hydrogen-bond acceptors (Lipinski definition) is 6. The van der Waals surface area contributed by atoms with Crippen molar-refractivity contribution in [3.63, 3.8) is 0 Å². The third kappa shape index (κ3) is 3.21. The maximum absolute atomic E-state index is 12.7. The van der Waals surface area contributed by atoms with Gasteiger partial charge in [0.25, 0.3) is 11.6 Å². The van der Waals surface area contributed by atoms with E-state index < -0.39 is 4.92 Å². The van der Waals surface area contributed by atoms with E-state index in [-0.39, 0.29) is 28.8 Å². The number of rotatable bonds is 3. The van der Waals surface area contributed by atoms with E-state index in [0.29, 0.717) is 19.0 Å². The number of aromatic nitrogens is 1. The van der Waals surface area contributed by atoms with Gasteiger partial charge in [0.1, 0.15) is 11.2 Å². The second kappa shape index (κ2) is 6.71. The van der Waals surface area contributed by atoms with Crippen LogP contribution in [0.4, 0.5) is 11.4 Å². The zero-order valence-electron chi connectivity index (χ0n) is 14.5. The van der Waals surface area contributed by atoms with Gasteiger partial charge < -0.3 is 15.1 Å². The Labute approximate surface area is 154 Å². The summed E-state index contributed by atoms with van der Waals surface area (Å²) in [6.07, 6.45) is 1.46. The van der Waals surface area contributed by atoms with E-state index in [0.717, 1.165) is 23.9 Å². The first-order valence-corrected chi connectivity index (χ1v) is 8.71. The van der Waals surface area contributed by atoms with Crippen LogP contribution in [0, 0.1) is 10.1 Å². The van der Waals surface area contributed by atoms with Crippen molar-refractivity contribution in [3.8, 4) is 0 Å². The lowest BCUT2D eigenvalue weighted by atomic mass is 9.96. The molecule has 0 unspecified atom stereocenters. The van der Waals surface area contributed by atoms with Crippen LogP contribution < -0.4 is 5.73 Å². The van der Waals surface area contributed by atoms with Crippen molar-refractivity contribution in [1.82, 2.24) is 9.88 Å². The molecule has 1 aromatic heterocycles. The molecule has 0 spiro atoms. The number of piperidine rings is 1. The summed E-state index contributed by atoms with van der Waals surface area (Å²) in [6.45, 7) is 1.08. The van der Waals surface area contributed by atoms with Crippen LogP contribution in [-0.2, 0) is 0 Å². The first-order chi connectivity index (χ1) is 13.0. The number of amides is 1. The van der Waals surface area contributed by atoms with Crippen LogP contribution in [0.1, 0.15) is 35.0 Å². The third-order valence-electron chi connectivity index (χ3n) is 4.92. The smallest absolute Gasteiger partial charge is 0.292 e. The van der Waals surface area contributed by atoms with E-state index in [4.69, 9.17) is 10.2 Å². The Kier molecular flexibility index (Phi) is 4.23. The fourth-order valence-corrected chi connectivity index (χ4v) is 3.41. The molecule has 0 atom stereocenters. The molecular formula is C19H18N4O4. The first-order valence-electron chi connectivity index (χ1n) is 8.71. The summed E-state index contributed by atoms with van der Waals surface area (Å²) in [4.78, 5) is 29.4. The molecule has 1 saturated heterocycles. The van der Waals surface area contributed by atoms with Gasteiger partial charge in [-0.1, -0.05) is 12.1 Å². The summed E-state index contributed by atoms with van der Waals surface area (Å²) < 4.78 is 5.84. The van der Waals surface area contributed by atoms with Crippen molar-refractivity contribution in [2.75, 3.05) is 18.8 Å². The Balaban J connectivity index is 1.46. The van der Waals surface area contributed by atoms with Gasteiger partial charge in [-0.3, -0.25) is 14.9 Å². The molecule has 2 heterocycles. The number of fused-ring (bicyclic) bond motifs is 1. The van der Waals surface area contributed by atoms with Crippen molar-refractivity contribution in [2.24, 2.45) is 0 Å². The number of oxazole rings is 1. The number of hydrogen-bond donors (Lipinski definition) is 1. The van der Waals surface area contributed by atoms with E-state index in [1.165, 1.54) is 18.2 Å². The number of benzene rings is 2. The molecule has 1 aliphatic rings. The summed E-state index contributed by atoms with van der Waals surface area (Å²) >= 11 is 0. The van der Waals surface area contributed by atoms with Gasteiger partial charge in [-0.05, 0) is 37.1 Å². The number of carbonyl (C=O) groups excluding carboxylic acids is 1. The highest BCUT2D eigenvalue weighted by Crippen LogP contribution is 2.31. The molecule has 2 N–H and O–H groups in total. The second-order valence-corrected chi connectivity index (χ2v) is 6.62. The van der Waals surface area contributed by atoms with Crippen LogP contribution >= 0.6 is 0 Å². The molecule has 0 bridgehead atoms. The van der Waals surface area contributed by atoms with Gasteiger partial charge in [0, 0.05) is 30.6 Å². The fourth-order valence-electron chi connectivity index (χ4n) is 3.41. The molecule has 0 saturated carbocycles. The Morgan fingerprint density at radius 3 is 2.67 bits per heavy atom. The average molecular weight is 366 g/mol. The van der Waals surface area contributed by atoms with Crippen LogP contribution in [0.5, 0.6) is 0 Å². The minimum Gasteiger partial charge on any atom is -0.440 e. The predicted octanol–water partition coefficient (Wildman–Crippen LogP) is 3.34. The van der Waals surface area contributed by atoms with Crippen LogP contribution in [0.3, 0.4) is 0 Å². The normalized spacial score (nSPS) is 15.2. The molecule has 0 aliphatic carbocycles. The predicted molar refractivity (Wildman–Crippen MR) is 99.4 cm³/mol. The summed E-state index contributed by atoms with van der Waals surface area (Å²) in [5.41, 5.74) is 7.27. The molecule has 27 heavy (non-hydrogen) atoms. The molecule has 1 amide bonds. The first kappa shape index (κ1) is 17.0. The lowest BCUT2D eigenvalue weighted by Gasteiger charge is -2.30. The van der Waals surface area contributed by atoms with Crippen molar-refractivity contribution >= 4 is 28.4 Å². The summed E-state index contributed by atoms with van der Waals surface area (Å²) in [6, 6.07) is 11.8. The van der Waals surface area contributed by atoms with Gasteiger partial charge in [-0.25, -0.2) is 4.98 Å².